The zero-order valence-electron chi connectivity index (χ0n) is 8.57. The highest BCUT2D eigenvalue weighted by atomic mass is 35.5. The average Bonchev–Trinajstić information content (AvgIpc) is 2.30. The molecular formula is C10H7ClF4O2. The van der Waals surface area contributed by atoms with Gasteiger partial charge in [-0.15, -0.1) is 11.6 Å². The fraction of sp³-hybridized carbons (Fsp3) is 0.300. The molecule has 1 aromatic carbocycles. The molecule has 0 aliphatic carbocycles. The van der Waals surface area contributed by atoms with Gasteiger partial charge in [0.25, 0.3) is 0 Å². The monoisotopic (exact) mass is 270 g/mol. The normalized spacial score (nSPS) is 12.4. The molecule has 0 radical (unpaired) electrons. The molecule has 1 rings (SSSR count). The smallest absolute Gasteiger partial charge is 0.324 e. The van der Waals surface area contributed by atoms with Gasteiger partial charge in [0.2, 0.25) is 0 Å². The Kier molecular flexibility index (Phi) is 4.34. The van der Waals surface area contributed by atoms with Crippen molar-refractivity contribution < 1.29 is 27.1 Å². The Labute approximate surface area is 99.1 Å². The van der Waals surface area contributed by atoms with Gasteiger partial charge in [-0.2, -0.15) is 0 Å². The zero-order valence-corrected chi connectivity index (χ0v) is 9.32. The van der Waals surface area contributed by atoms with Crippen molar-refractivity contribution in [3.8, 4) is 0 Å². The number of ether oxygens (including phenoxy) is 1. The molecule has 0 spiro atoms. The molecule has 0 aromatic heterocycles. The highest BCUT2D eigenvalue weighted by Gasteiger charge is 2.25. The molecule has 1 aromatic rings. The molecule has 0 saturated carbocycles. The summed E-state index contributed by atoms with van der Waals surface area (Å²) in [5.74, 6) is -7.19. The number of esters is 1. The van der Waals surface area contributed by atoms with E-state index in [1.54, 1.807) is 0 Å². The highest BCUT2D eigenvalue weighted by molar-refractivity contribution is 6.30. The van der Waals surface area contributed by atoms with Crippen LogP contribution in [-0.2, 0) is 16.0 Å². The largest absolute Gasteiger partial charge is 0.468 e. The van der Waals surface area contributed by atoms with Crippen molar-refractivity contribution >= 4 is 17.6 Å². The van der Waals surface area contributed by atoms with Crippen LogP contribution in [0.5, 0.6) is 0 Å². The van der Waals surface area contributed by atoms with E-state index in [9.17, 15) is 22.4 Å². The van der Waals surface area contributed by atoms with Gasteiger partial charge >= 0.3 is 5.97 Å². The summed E-state index contributed by atoms with van der Waals surface area (Å²) < 4.78 is 56.2. The molecule has 0 aliphatic rings. The van der Waals surface area contributed by atoms with Crippen LogP contribution in [0.15, 0.2) is 6.07 Å². The van der Waals surface area contributed by atoms with Crippen LogP contribution in [0.4, 0.5) is 17.6 Å². The zero-order chi connectivity index (χ0) is 13.2. The van der Waals surface area contributed by atoms with E-state index in [2.05, 4.69) is 4.74 Å². The van der Waals surface area contributed by atoms with E-state index in [0.29, 0.717) is 0 Å². The van der Waals surface area contributed by atoms with Gasteiger partial charge in [-0.05, 0) is 0 Å². The molecule has 2 nitrogen and oxygen atoms in total. The lowest BCUT2D eigenvalue weighted by Gasteiger charge is -2.10. The fourth-order valence-corrected chi connectivity index (χ4v) is 1.44. The summed E-state index contributed by atoms with van der Waals surface area (Å²) in [6, 6.07) is 0.0789. The number of hydrogen-bond donors (Lipinski definition) is 0. The second kappa shape index (κ2) is 5.35. The molecule has 0 heterocycles. The van der Waals surface area contributed by atoms with E-state index in [-0.39, 0.29) is 6.07 Å². The third-order valence-corrected chi connectivity index (χ3v) is 2.38. The first-order valence-corrected chi connectivity index (χ1v) is 4.85. The third-order valence-electron chi connectivity index (χ3n) is 2.04. The molecule has 1 atom stereocenters. The Balaban J connectivity index is 3.10. The van der Waals surface area contributed by atoms with Gasteiger partial charge in [0.05, 0.1) is 7.11 Å². The van der Waals surface area contributed by atoms with Crippen LogP contribution in [0.2, 0.25) is 0 Å². The van der Waals surface area contributed by atoms with Crippen molar-refractivity contribution in [3.05, 3.63) is 34.9 Å². The molecular weight excluding hydrogens is 264 g/mol. The SMILES string of the molecule is COC(=O)C(Cl)Cc1c(F)c(F)cc(F)c1F. The van der Waals surface area contributed by atoms with Gasteiger partial charge in [0, 0.05) is 18.1 Å². The maximum Gasteiger partial charge on any atom is 0.324 e. The summed E-state index contributed by atoms with van der Waals surface area (Å²) in [5, 5.41) is -1.43. The van der Waals surface area contributed by atoms with Crippen LogP contribution in [0.1, 0.15) is 5.56 Å². The van der Waals surface area contributed by atoms with Gasteiger partial charge < -0.3 is 4.74 Å². The minimum atomic E-state index is -1.57. The van der Waals surface area contributed by atoms with Crippen molar-refractivity contribution in [2.75, 3.05) is 7.11 Å². The minimum absolute atomic E-state index is 0.0789. The molecule has 0 fully saturated rings. The van der Waals surface area contributed by atoms with E-state index >= 15 is 0 Å². The topological polar surface area (TPSA) is 26.3 Å². The predicted molar refractivity (Wildman–Crippen MR) is 51.6 cm³/mol. The second-order valence-electron chi connectivity index (χ2n) is 3.14. The van der Waals surface area contributed by atoms with E-state index < -0.39 is 46.6 Å². The number of alkyl halides is 1. The van der Waals surface area contributed by atoms with Crippen LogP contribution in [-0.4, -0.2) is 18.5 Å². The van der Waals surface area contributed by atoms with Gasteiger partial charge in [0.15, 0.2) is 23.3 Å². The van der Waals surface area contributed by atoms with Crippen LogP contribution >= 0.6 is 11.6 Å². The standard InChI is InChI=1S/C10H7ClF4O2/c1-17-10(16)5(11)2-4-8(14)6(12)3-7(13)9(4)15/h3,5H,2H2,1H3. The maximum absolute atomic E-state index is 13.2. The van der Waals surface area contributed by atoms with Gasteiger partial charge in [0.1, 0.15) is 5.38 Å². The minimum Gasteiger partial charge on any atom is -0.468 e. The number of halogens is 5. The fourth-order valence-electron chi connectivity index (χ4n) is 1.19. The lowest BCUT2D eigenvalue weighted by Crippen LogP contribution is -2.20. The quantitative estimate of drug-likeness (QED) is 0.365. The van der Waals surface area contributed by atoms with E-state index in [0.717, 1.165) is 7.11 Å². The molecule has 0 saturated heterocycles. The first kappa shape index (κ1) is 13.8. The van der Waals surface area contributed by atoms with Crippen LogP contribution < -0.4 is 0 Å². The summed E-state index contributed by atoms with van der Waals surface area (Å²) in [7, 11) is 1.02. The molecule has 0 aliphatic heterocycles. The lowest BCUT2D eigenvalue weighted by atomic mass is 10.1. The van der Waals surface area contributed by atoms with Crippen molar-refractivity contribution in [1.82, 2.24) is 0 Å². The molecule has 0 amide bonds. The number of benzene rings is 1. The Morgan fingerprint density at radius 2 is 1.76 bits per heavy atom. The van der Waals surface area contributed by atoms with Crippen LogP contribution in [0.25, 0.3) is 0 Å². The first-order valence-electron chi connectivity index (χ1n) is 4.42. The number of methoxy groups -OCH3 is 1. The summed E-state index contributed by atoms with van der Waals surface area (Å²) in [5.41, 5.74) is -0.923. The summed E-state index contributed by atoms with van der Waals surface area (Å²) in [6.07, 6.45) is -0.708. The van der Waals surface area contributed by atoms with E-state index in [4.69, 9.17) is 11.6 Å². The van der Waals surface area contributed by atoms with E-state index in [1.807, 2.05) is 0 Å². The molecule has 0 N–H and O–H groups in total. The lowest BCUT2D eigenvalue weighted by molar-refractivity contribution is -0.140. The Hall–Kier alpha value is -1.30. The number of carbonyl (C=O) groups is 1. The summed E-state index contributed by atoms with van der Waals surface area (Å²) in [4.78, 5) is 10.9. The predicted octanol–water partition coefficient (Wildman–Crippen LogP) is 2.57. The number of rotatable bonds is 3. The second-order valence-corrected chi connectivity index (χ2v) is 3.67. The summed E-state index contributed by atoms with van der Waals surface area (Å²) in [6.45, 7) is 0. The molecule has 17 heavy (non-hydrogen) atoms. The molecule has 1 unspecified atom stereocenters. The molecule has 7 heteroatoms. The van der Waals surface area contributed by atoms with Crippen LogP contribution in [0, 0.1) is 23.3 Å². The Morgan fingerprint density at radius 3 is 2.18 bits per heavy atom. The Morgan fingerprint density at radius 1 is 1.29 bits per heavy atom. The van der Waals surface area contributed by atoms with Crippen LogP contribution in [0.3, 0.4) is 0 Å². The van der Waals surface area contributed by atoms with Crippen molar-refractivity contribution in [2.45, 2.75) is 11.8 Å². The van der Waals surface area contributed by atoms with Crippen molar-refractivity contribution in [2.24, 2.45) is 0 Å². The summed E-state index contributed by atoms with van der Waals surface area (Å²) >= 11 is 5.46. The Bertz CT molecular complexity index is 424. The van der Waals surface area contributed by atoms with E-state index in [1.165, 1.54) is 0 Å². The van der Waals surface area contributed by atoms with Gasteiger partial charge in [-0.3, -0.25) is 4.79 Å². The third kappa shape index (κ3) is 2.88. The first-order chi connectivity index (χ1) is 7.88. The number of hydrogen-bond acceptors (Lipinski definition) is 2. The molecule has 0 bridgehead atoms. The van der Waals surface area contributed by atoms with Crippen molar-refractivity contribution in [1.29, 1.82) is 0 Å². The number of carbonyl (C=O) groups excluding carboxylic acids is 1. The van der Waals surface area contributed by atoms with Crippen molar-refractivity contribution in [3.63, 3.8) is 0 Å². The van der Waals surface area contributed by atoms with Gasteiger partial charge in [-0.25, -0.2) is 17.6 Å². The maximum atomic E-state index is 13.2. The highest BCUT2D eigenvalue weighted by Crippen LogP contribution is 2.22. The molecule has 94 valence electrons. The van der Waals surface area contributed by atoms with Gasteiger partial charge in [-0.1, -0.05) is 0 Å². The average molecular weight is 271 g/mol.